The topological polar surface area (TPSA) is 114 Å². The highest BCUT2D eigenvalue weighted by Crippen LogP contribution is 2.64. The standard InChI is InChI=1S/C27H42O9Si4/c1-9-40(8,35-38(4,5)19-13-15-11-17(19)23-21(15)25(29)33-27(23)31)36-39(6,7)34-37(2,3)18-12-14-10-16(18)22-20(14)24(28)32-26(22)30/h9,14-23H,1,10-13H2,2-8H3. The van der Waals surface area contributed by atoms with Gasteiger partial charge < -0.3 is 21.8 Å². The van der Waals surface area contributed by atoms with Crippen molar-refractivity contribution in [3.8, 4) is 0 Å². The summed E-state index contributed by atoms with van der Waals surface area (Å²) in [7, 11) is -10.3. The molecule has 6 fully saturated rings. The molecular formula is C27H42O9Si4. The minimum atomic E-state index is -2.87. The van der Waals surface area contributed by atoms with Gasteiger partial charge in [-0.15, -0.1) is 6.58 Å². The van der Waals surface area contributed by atoms with Gasteiger partial charge in [0.25, 0.3) is 0 Å². The van der Waals surface area contributed by atoms with Crippen LogP contribution in [0.15, 0.2) is 12.3 Å². The van der Waals surface area contributed by atoms with Crippen LogP contribution in [0.4, 0.5) is 0 Å². The van der Waals surface area contributed by atoms with E-state index in [0.29, 0.717) is 0 Å². The molecule has 0 amide bonds. The van der Waals surface area contributed by atoms with Gasteiger partial charge in [0.15, 0.2) is 16.6 Å². The first-order chi connectivity index (χ1) is 18.5. The molecule has 6 rings (SSSR count). The van der Waals surface area contributed by atoms with Gasteiger partial charge in [-0.2, -0.15) is 0 Å². The summed E-state index contributed by atoms with van der Waals surface area (Å²) >= 11 is 0. The number of hydrogen-bond acceptors (Lipinski definition) is 9. The fourth-order valence-corrected chi connectivity index (χ4v) is 30.6. The van der Waals surface area contributed by atoms with Crippen LogP contribution >= 0.6 is 0 Å². The predicted octanol–water partition coefficient (Wildman–Crippen LogP) is 4.40. The van der Waals surface area contributed by atoms with E-state index in [2.05, 4.69) is 45.9 Å². The Balaban J connectivity index is 1.14. The number of cyclic esters (lactones) is 4. The number of carbonyl (C=O) groups excluding carboxylic acids is 4. The van der Waals surface area contributed by atoms with Gasteiger partial charge in [0.05, 0.1) is 23.7 Å². The highest BCUT2D eigenvalue weighted by molar-refractivity contribution is 6.92. The summed E-state index contributed by atoms with van der Waals surface area (Å²) in [5.74, 6) is -1.87. The summed E-state index contributed by atoms with van der Waals surface area (Å²) in [6, 6.07) is 0. The summed E-state index contributed by atoms with van der Waals surface area (Å²) in [4.78, 5) is 49.5. The number of carbonyl (C=O) groups is 4. The summed E-state index contributed by atoms with van der Waals surface area (Å²) in [5.41, 5.74) is 2.37. The van der Waals surface area contributed by atoms with Crippen molar-refractivity contribution in [1.82, 2.24) is 0 Å². The Morgan fingerprint density at radius 1 is 0.625 bits per heavy atom. The average Bonchev–Trinajstić information content (AvgIpc) is 3.63. The Bertz CT molecular complexity index is 1190. The number of hydrogen-bond donors (Lipinski definition) is 0. The lowest BCUT2D eigenvalue weighted by Gasteiger charge is -2.46. The number of esters is 4. The first-order valence-corrected chi connectivity index (χ1v) is 25.9. The van der Waals surface area contributed by atoms with Gasteiger partial charge in [0, 0.05) is 0 Å². The normalized spacial score (nSPS) is 41.7. The zero-order valence-corrected chi connectivity index (χ0v) is 28.6. The second-order valence-corrected chi connectivity index (χ2v) is 30.3. The first-order valence-electron chi connectivity index (χ1n) is 14.7. The minimum absolute atomic E-state index is 0.127. The summed E-state index contributed by atoms with van der Waals surface area (Å²) in [5, 5.41) is 0. The van der Waals surface area contributed by atoms with Gasteiger partial charge in [0.1, 0.15) is 0 Å². The van der Waals surface area contributed by atoms with Crippen molar-refractivity contribution < 1.29 is 41.0 Å². The maximum Gasteiger partial charge on any atom is 0.342 e. The highest BCUT2D eigenvalue weighted by Gasteiger charge is 2.67. The van der Waals surface area contributed by atoms with Gasteiger partial charge in [-0.25, -0.2) is 0 Å². The van der Waals surface area contributed by atoms with E-state index in [1.165, 1.54) is 0 Å². The molecule has 4 bridgehead atoms. The minimum Gasteiger partial charge on any atom is -0.436 e. The lowest BCUT2D eigenvalue weighted by Crippen LogP contribution is -2.59. The van der Waals surface area contributed by atoms with Crippen LogP contribution < -0.4 is 0 Å². The fourth-order valence-electron chi connectivity index (χ4n) is 10.0. The van der Waals surface area contributed by atoms with E-state index in [1.807, 2.05) is 12.2 Å². The third kappa shape index (κ3) is 4.37. The fraction of sp³-hybridized carbons (Fsp3) is 0.778. The van der Waals surface area contributed by atoms with Crippen molar-refractivity contribution in [2.24, 2.45) is 47.3 Å². The van der Waals surface area contributed by atoms with E-state index in [-0.39, 0.29) is 82.3 Å². The van der Waals surface area contributed by atoms with Crippen molar-refractivity contribution >= 4 is 57.6 Å². The summed E-state index contributed by atoms with van der Waals surface area (Å²) < 4.78 is 30.9. The zero-order valence-electron chi connectivity index (χ0n) is 24.6. The monoisotopic (exact) mass is 622 g/mol. The second kappa shape index (κ2) is 9.13. The van der Waals surface area contributed by atoms with Gasteiger partial charge in [-0.05, 0) is 106 Å². The number of rotatable bonds is 9. The van der Waals surface area contributed by atoms with E-state index in [0.717, 1.165) is 25.7 Å². The van der Waals surface area contributed by atoms with Crippen molar-refractivity contribution in [3.05, 3.63) is 12.3 Å². The number of ether oxygens (including phenoxy) is 2. The first kappa shape index (κ1) is 28.9. The van der Waals surface area contributed by atoms with Crippen LogP contribution in [0.2, 0.25) is 56.9 Å². The molecule has 220 valence electrons. The van der Waals surface area contributed by atoms with Crippen LogP contribution in [0.1, 0.15) is 25.7 Å². The quantitative estimate of drug-likeness (QED) is 0.210. The molecular weight excluding hydrogens is 581 g/mol. The van der Waals surface area contributed by atoms with Crippen molar-refractivity contribution in [1.29, 1.82) is 0 Å². The largest absolute Gasteiger partial charge is 0.436 e. The Morgan fingerprint density at radius 3 is 1.45 bits per heavy atom. The maximum atomic E-state index is 12.5. The molecule has 0 radical (unpaired) electrons. The van der Waals surface area contributed by atoms with Crippen LogP contribution in [-0.2, 0) is 41.0 Å². The van der Waals surface area contributed by atoms with Gasteiger partial charge in [0.2, 0.25) is 0 Å². The summed E-state index contributed by atoms with van der Waals surface area (Å²) in [6.45, 7) is 19.1. The van der Waals surface area contributed by atoms with Crippen molar-refractivity contribution in [3.63, 3.8) is 0 Å². The van der Waals surface area contributed by atoms with E-state index in [4.69, 9.17) is 21.8 Å². The molecule has 9 nitrogen and oxygen atoms in total. The summed E-state index contributed by atoms with van der Waals surface area (Å²) in [6.07, 6.45) is 3.59. The Hall–Kier alpha value is -1.23. The van der Waals surface area contributed by atoms with E-state index in [1.54, 1.807) is 0 Å². The molecule has 0 aromatic heterocycles. The molecule has 4 aliphatic carbocycles. The van der Waals surface area contributed by atoms with Gasteiger partial charge in [-0.1, -0.05) is 5.70 Å². The molecule has 13 heteroatoms. The molecule has 2 heterocycles. The number of fused-ring (bicyclic) bond motifs is 10. The van der Waals surface area contributed by atoms with Crippen LogP contribution in [0.5, 0.6) is 0 Å². The second-order valence-electron chi connectivity index (χ2n) is 14.7. The van der Waals surface area contributed by atoms with Gasteiger partial charge in [-0.3, -0.25) is 19.2 Å². The van der Waals surface area contributed by atoms with Crippen molar-refractivity contribution in [2.45, 2.75) is 82.6 Å². The molecule has 40 heavy (non-hydrogen) atoms. The molecule has 0 aromatic rings. The molecule has 11 atom stereocenters. The molecule has 2 saturated heterocycles. The van der Waals surface area contributed by atoms with E-state index < -0.39 is 33.8 Å². The molecule has 4 saturated carbocycles. The smallest absolute Gasteiger partial charge is 0.342 e. The van der Waals surface area contributed by atoms with E-state index >= 15 is 0 Å². The lowest BCUT2D eigenvalue weighted by atomic mass is 9.81. The molecule has 2 aliphatic heterocycles. The molecule has 11 unspecified atom stereocenters. The van der Waals surface area contributed by atoms with Crippen LogP contribution in [-0.4, -0.2) is 57.6 Å². The maximum absolute atomic E-state index is 12.5. The van der Waals surface area contributed by atoms with Gasteiger partial charge >= 0.3 is 41.0 Å². The van der Waals surface area contributed by atoms with Crippen molar-refractivity contribution in [2.75, 3.05) is 0 Å². The molecule has 0 spiro atoms. The average molecular weight is 623 g/mol. The van der Waals surface area contributed by atoms with E-state index in [9.17, 15) is 19.2 Å². The highest BCUT2D eigenvalue weighted by atomic mass is 28.5. The molecule has 0 aromatic carbocycles. The third-order valence-electron chi connectivity index (χ3n) is 11.1. The Labute approximate surface area is 240 Å². The SMILES string of the molecule is C=C[Si](C)(O[Si](C)(C)O[Si](C)(C)C1CC2CC1C1C(=O)OC(=O)C21)O[Si](C)(C)C1CC2CC1C1C(=O)OC(=O)C21. The predicted molar refractivity (Wildman–Crippen MR) is 154 cm³/mol. The Kier molecular flexibility index (Phi) is 6.59. The van der Waals surface area contributed by atoms with Crippen LogP contribution in [0, 0.1) is 47.3 Å². The Morgan fingerprint density at radius 2 is 1.02 bits per heavy atom. The van der Waals surface area contributed by atoms with Crippen LogP contribution in [0.25, 0.3) is 0 Å². The molecule has 0 N–H and O–H groups in total. The third-order valence-corrected chi connectivity index (χ3v) is 28.1. The zero-order chi connectivity index (χ0) is 29.2. The molecule has 6 aliphatic rings. The van der Waals surface area contributed by atoms with Crippen LogP contribution in [0.3, 0.4) is 0 Å². The lowest BCUT2D eigenvalue weighted by molar-refractivity contribution is -0.156.